The van der Waals surface area contributed by atoms with Crippen molar-refractivity contribution in [2.24, 2.45) is 5.92 Å². The van der Waals surface area contributed by atoms with E-state index in [1.807, 2.05) is 18.5 Å². The second-order valence-electron chi connectivity index (χ2n) is 6.58. The number of fused-ring (bicyclic) bond motifs is 1. The van der Waals surface area contributed by atoms with Gasteiger partial charge in [0.2, 0.25) is 0 Å². The molecule has 1 saturated carbocycles. The van der Waals surface area contributed by atoms with Crippen LogP contribution in [0.3, 0.4) is 0 Å². The molecule has 3 rings (SSSR count). The zero-order valence-electron chi connectivity index (χ0n) is 13.1. The largest absolute Gasteiger partial charge is 0.375 e. The molecule has 0 bridgehead atoms. The molecular formula is C17H26N2O2. The van der Waals surface area contributed by atoms with Crippen molar-refractivity contribution in [2.45, 2.75) is 51.5 Å². The van der Waals surface area contributed by atoms with Gasteiger partial charge in [-0.15, -0.1) is 0 Å². The highest BCUT2D eigenvalue weighted by Crippen LogP contribution is 2.33. The molecule has 1 aliphatic heterocycles. The van der Waals surface area contributed by atoms with Gasteiger partial charge in [0.15, 0.2) is 0 Å². The predicted molar refractivity (Wildman–Crippen MR) is 82.0 cm³/mol. The summed E-state index contributed by atoms with van der Waals surface area (Å²) < 4.78 is 12.1. The first kappa shape index (κ1) is 14.9. The van der Waals surface area contributed by atoms with Crippen molar-refractivity contribution in [1.29, 1.82) is 0 Å². The lowest BCUT2D eigenvalue weighted by Gasteiger charge is -2.39. The minimum absolute atomic E-state index is 0.245. The molecule has 4 nitrogen and oxygen atoms in total. The van der Waals surface area contributed by atoms with Crippen LogP contribution in [0.25, 0.3) is 0 Å². The lowest BCUT2D eigenvalue weighted by atomic mass is 10.1. The van der Waals surface area contributed by atoms with Crippen molar-refractivity contribution in [1.82, 2.24) is 9.88 Å². The van der Waals surface area contributed by atoms with Crippen LogP contribution in [0.5, 0.6) is 0 Å². The molecule has 1 aromatic heterocycles. The van der Waals surface area contributed by atoms with Crippen LogP contribution in [-0.4, -0.2) is 47.9 Å². The Morgan fingerprint density at radius 3 is 3.10 bits per heavy atom. The Balaban J connectivity index is 1.61. The summed E-state index contributed by atoms with van der Waals surface area (Å²) in [4.78, 5) is 6.76. The SMILES string of the molecule is CC(C)CO[C@@H]1CC[C@H]2[C@H]1OCCN2Cc1cccnc1. The van der Waals surface area contributed by atoms with Gasteiger partial charge in [0, 0.05) is 38.1 Å². The normalized spacial score (nSPS) is 29.8. The van der Waals surface area contributed by atoms with Crippen molar-refractivity contribution < 1.29 is 9.47 Å². The highest BCUT2D eigenvalue weighted by molar-refractivity contribution is 5.09. The molecule has 0 aromatic carbocycles. The fraction of sp³-hybridized carbons (Fsp3) is 0.706. The molecule has 2 aliphatic rings. The molecule has 4 heteroatoms. The molecule has 2 fully saturated rings. The maximum atomic E-state index is 6.07. The first-order chi connectivity index (χ1) is 10.2. The van der Waals surface area contributed by atoms with E-state index in [1.54, 1.807) is 0 Å². The second kappa shape index (κ2) is 6.86. The van der Waals surface area contributed by atoms with E-state index in [9.17, 15) is 0 Å². The number of rotatable bonds is 5. The summed E-state index contributed by atoms with van der Waals surface area (Å²) in [6.07, 6.45) is 6.60. The molecule has 1 saturated heterocycles. The van der Waals surface area contributed by atoms with E-state index in [0.717, 1.165) is 32.7 Å². The summed E-state index contributed by atoms with van der Waals surface area (Å²) in [5, 5.41) is 0. The summed E-state index contributed by atoms with van der Waals surface area (Å²) in [6.45, 7) is 8.01. The first-order valence-corrected chi connectivity index (χ1v) is 8.10. The smallest absolute Gasteiger partial charge is 0.0992 e. The van der Waals surface area contributed by atoms with E-state index < -0.39 is 0 Å². The van der Waals surface area contributed by atoms with Crippen LogP contribution in [0.15, 0.2) is 24.5 Å². The number of nitrogens with zero attached hydrogens (tertiary/aromatic N) is 2. The summed E-state index contributed by atoms with van der Waals surface area (Å²) in [7, 11) is 0. The highest BCUT2D eigenvalue weighted by atomic mass is 16.5. The van der Waals surface area contributed by atoms with Crippen LogP contribution in [0, 0.1) is 5.92 Å². The monoisotopic (exact) mass is 290 g/mol. The zero-order valence-corrected chi connectivity index (χ0v) is 13.1. The molecule has 116 valence electrons. The average Bonchev–Trinajstić information content (AvgIpc) is 2.90. The molecule has 1 aromatic rings. The van der Waals surface area contributed by atoms with Crippen LogP contribution in [0.2, 0.25) is 0 Å². The Morgan fingerprint density at radius 2 is 2.33 bits per heavy atom. The summed E-state index contributed by atoms with van der Waals surface area (Å²) >= 11 is 0. The standard InChI is InChI=1S/C17H26N2O2/c1-13(2)12-21-16-6-5-15-17(16)20-9-8-19(15)11-14-4-3-7-18-10-14/h3-4,7,10,13,15-17H,5-6,8-9,11-12H2,1-2H3/t15-,16+,17+/m0/s1. The van der Waals surface area contributed by atoms with Crippen molar-refractivity contribution in [3.05, 3.63) is 30.1 Å². The van der Waals surface area contributed by atoms with E-state index in [0.29, 0.717) is 12.0 Å². The molecule has 21 heavy (non-hydrogen) atoms. The Bertz CT molecular complexity index is 438. The minimum atomic E-state index is 0.245. The van der Waals surface area contributed by atoms with Crippen molar-refractivity contribution in [2.75, 3.05) is 19.8 Å². The third-order valence-corrected chi connectivity index (χ3v) is 4.40. The van der Waals surface area contributed by atoms with Gasteiger partial charge in [-0.25, -0.2) is 0 Å². The van der Waals surface area contributed by atoms with Gasteiger partial charge in [-0.1, -0.05) is 19.9 Å². The van der Waals surface area contributed by atoms with Crippen molar-refractivity contribution >= 4 is 0 Å². The van der Waals surface area contributed by atoms with E-state index >= 15 is 0 Å². The van der Waals surface area contributed by atoms with Gasteiger partial charge in [0.25, 0.3) is 0 Å². The number of pyridine rings is 1. The first-order valence-electron chi connectivity index (χ1n) is 8.10. The van der Waals surface area contributed by atoms with Gasteiger partial charge in [-0.2, -0.15) is 0 Å². The van der Waals surface area contributed by atoms with Crippen LogP contribution in [0.1, 0.15) is 32.3 Å². The summed E-state index contributed by atoms with van der Waals surface area (Å²) in [6, 6.07) is 4.66. The van der Waals surface area contributed by atoms with Gasteiger partial charge in [-0.05, 0) is 30.4 Å². The Morgan fingerprint density at radius 1 is 1.43 bits per heavy atom. The maximum absolute atomic E-state index is 6.07. The highest BCUT2D eigenvalue weighted by Gasteiger charge is 2.43. The number of hydrogen-bond acceptors (Lipinski definition) is 4. The molecular weight excluding hydrogens is 264 g/mol. The predicted octanol–water partition coefficient (Wildman–Crippen LogP) is 2.49. The van der Waals surface area contributed by atoms with Crippen molar-refractivity contribution in [3.63, 3.8) is 0 Å². The van der Waals surface area contributed by atoms with E-state index in [4.69, 9.17) is 9.47 Å². The molecule has 0 N–H and O–H groups in total. The molecule has 3 atom stereocenters. The van der Waals surface area contributed by atoms with Crippen LogP contribution < -0.4 is 0 Å². The lowest BCUT2D eigenvalue weighted by Crippen LogP contribution is -2.51. The second-order valence-corrected chi connectivity index (χ2v) is 6.58. The van der Waals surface area contributed by atoms with Crippen LogP contribution >= 0.6 is 0 Å². The van der Waals surface area contributed by atoms with E-state index in [1.165, 1.54) is 12.0 Å². The molecule has 2 heterocycles. The number of ether oxygens (including phenoxy) is 2. The number of hydrogen-bond donors (Lipinski definition) is 0. The molecule has 0 spiro atoms. The Kier molecular flexibility index (Phi) is 4.88. The topological polar surface area (TPSA) is 34.6 Å². The molecule has 1 aliphatic carbocycles. The summed E-state index contributed by atoms with van der Waals surface area (Å²) in [5.41, 5.74) is 1.28. The van der Waals surface area contributed by atoms with Gasteiger partial charge < -0.3 is 9.47 Å². The third-order valence-electron chi connectivity index (χ3n) is 4.40. The Hall–Kier alpha value is -0.970. The van der Waals surface area contributed by atoms with Crippen molar-refractivity contribution in [3.8, 4) is 0 Å². The summed E-state index contributed by atoms with van der Waals surface area (Å²) in [5.74, 6) is 0.583. The van der Waals surface area contributed by atoms with Gasteiger partial charge in [0.1, 0.15) is 0 Å². The quantitative estimate of drug-likeness (QED) is 0.834. The fourth-order valence-corrected chi connectivity index (χ4v) is 3.41. The molecule has 0 unspecified atom stereocenters. The third kappa shape index (κ3) is 3.62. The fourth-order valence-electron chi connectivity index (χ4n) is 3.41. The maximum Gasteiger partial charge on any atom is 0.0992 e. The van der Waals surface area contributed by atoms with Gasteiger partial charge >= 0.3 is 0 Å². The van der Waals surface area contributed by atoms with Gasteiger partial charge in [-0.3, -0.25) is 9.88 Å². The Labute approximate surface area is 127 Å². The van der Waals surface area contributed by atoms with Gasteiger partial charge in [0.05, 0.1) is 18.8 Å². The van der Waals surface area contributed by atoms with E-state index in [-0.39, 0.29) is 12.2 Å². The number of morpholine rings is 1. The molecule has 0 amide bonds. The minimum Gasteiger partial charge on any atom is -0.375 e. The van der Waals surface area contributed by atoms with E-state index in [2.05, 4.69) is 29.8 Å². The zero-order chi connectivity index (χ0) is 14.7. The average molecular weight is 290 g/mol. The van der Waals surface area contributed by atoms with Crippen LogP contribution in [-0.2, 0) is 16.0 Å². The van der Waals surface area contributed by atoms with Crippen LogP contribution in [0.4, 0.5) is 0 Å². The lowest BCUT2D eigenvalue weighted by molar-refractivity contribution is -0.118. The number of aromatic nitrogens is 1. The molecule has 0 radical (unpaired) electrons.